The van der Waals surface area contributed by atoms with Crippen molar-refractivity contribution < 1.29 is 14.3 Å². The Kier molecular flexibility index (Phi) is 2.54. The van der Waals surface area contributed by atoms with Crippen molar-refractivity contribution in [2.45, 2.75) is 19.3 Å². The third-order valence-corrected chi connectivity index (χ3v) is 2.67. The van der Waals surface area contributed by atoms with Gasteiger partial charge in [0.05, 0.1) is 0 Å². The first-order valence-corrected chi connectivity index (χ1v) is 4.90. The Bertz CT molecular complexity index is 418. The first kappa shape index (κ1) is 9.90. The summed E-state index contributed by atoms with van der Waals surface area (Å²) < 4.78 is 12.7. The van der Waals surface area contributed by atoms with Gasteiger partial charge in [0.25, 0.3) is 0 Å². The number of allylic oxidation sites excluding steroid dienone is 1. The van der Waals surface area contributed by atoms with Crippen LogP contribution in [0.5, 0.6) is 0 Å². The Morgan fingerprint density at radius 3 is 2.47 bits per heavy atom. The zero-order valence-corrected chi connectivity index (χ0v) is 8.16. The van der Waals surface area contributed by atoms with Crippen LogP contribution in [-0.2, 0) is 4.79 Å². The van der Waals surface area contributed by atoms with Crippen molar-refractivity contribution in [1.29, 1.82) is 0 Å². The van der Waals surface area contributed by atoms with Gasteiger partial charge in [0, 0.05) is 5.57 Å². The van der Waals surface area contributed by atoms with Crippen molar-refractivity contribution in [3.05, 3.63) is 41.2 Å². The van der Waals surface area contributed by atoms with E-state index < -0.39 is 5.97 Å². The van der Waals surface area contributed by atoms with E-state index in [4.69, 9.17) is 5.11 Å². The van der Waals surface area contributed by atoms with E-state index in [2.05, 4.69) is 0 Å². The minimum Gasteiger partial charge on any atom is -0.478 e. The largest absolute Gasteiger partial charge is 0.478 e. The Morgan fingerprint density at radius 2 is 1.87 bits per heavy atom. The molecule has 0 unspecified atom stereocenters. The highest BCUT2D eigenvalue weighted by molar-refractivity contribution is 5.97. The van der Waals surface area contributed by atoms with Gasteiger partial charge in [-0.1, -0.05) is 12.1 Å². The summed E-state index contributed by atoms with van der Waals surface area (Å²) in [6.45, 7) is 0. The van der Waals surface area contributed by atoms with Crippen LogP contribution in [0, 0.1) is 5.82 Å². The van der Waals surface area contributed by atoms with Gasteiger partial charge < -0.3 is 5.11 Å². The lowest BCUT2D eigenvalue weighted by atomic mass is 10.0. The zero-order chi connectivity index (χ0) is 10.8. The minimum absolute atomic E-state index is 0.297. The number of carboxylic acid groups (broad SMARTS) is 1. The van der Waals surface area contributed by atoms with Crippen LogP contribution in [0.25, 0.3) is 5.57 Å². The Labute approximate surface area is 87.0 Å². The SMILES string of the molecule is O=C(O)C1=C(c2ccc(F)cc2)CCC1. The van der Waals surface area contributed by atoms with E-state index in [1.165, 1.54) is 12.1 Å². The van der Waals surface area contributed by atoms with Gasteiger partial charge in [0.1, 0.15) is 5.82 Å². The topological polar surface area (TPSA) is 37.3 Å². The van der Waals surface area contributed by atoms with Gasteiger partial charge in [0.2, 0.25) is 0 Å². The number of rotatable bonds is 2. The van der Waals surface area contributed by atoms with E-state index in [9.17, 15) is 9.18 Å². The fourth-order valence-corrected chi connectivity index (χ4v) is 1.95. The van der Waals surface area contributed by atoms with Gasteiger partial charge in [-0.25, -0.2) is 9.18 Å². The van der Waals surface area contributed by atoms with E-state index in [-0.39, 0.29) is 5.82 Å². The highest BCUT2D eigenvalue weighted by atomic mass is 19.1. The van der Waals surface area contributed by atoms with E-state index in [1.807, 2.05) is 0 Å². The highest BCUT2D eigenvalue weighted by Crippen LogP contribution is 2.33. The highest BCUT2D eigenvalue weighted by Gasteiger charge is 2.20. The molecule has 0 radical (unpaired) electrons. The summed E-state index contributed by atoms with van der Waals surface area (Å²) in [6.07, 6.45) is 2.25. The molecular formula is C12H11FO2. The molecule has 0 amide bonds. The average Bonchev–Trinajstić information content (AvgIpc) is 2.67. The van der Waals surface area contributed by atoms with Crippen LogP contribution >= 0.6 is 0 Å². The van der Waals surface area contributed by atoms with Gasteiger partial charge in [-0.05, 0) is 42.5 Å². The minimum atomic E-state index is -0.855. The van der Waals surface area contributed by atoms with Crippen LogP contribution in [0.3, 0.4) is 0 Å². The molecule has 15 heavy (non-hydrogen) atoms. The maximum atomic E-state index is 12.7. The molecule has 0 heterocycles. The molecular weight excluding hydrogens is 195 g/mol. The molecule has 1 aliphatic rings. The molecule has 0 saturated heterocycles. The second-order valence-corrected chi connectivity index (χ2v) is 3.62. The van der Waals surface area contributed by atoms with Gasteiger partial charge in [-0.3, -0.25) is 0 Å². The maximum Gasteiger partial charge on any atom is 0.331 e. The van der Waals surface area contributed by atoms with Crippen LogP contribution in [0.2, 0.25) is 0 Å². The number of hydrogen-bond donors (Lipinski definition) is 1. The molecule has 0 saturated carbocycles. The standard InChI is InChI=1S/C12H11FO2/c13-9-6-4-8(5-7-9)10-2-1-3-11(10)12(14)15/h4-7H,1-3H2,(H,14,15). The second-order valence-electron chi connectivity index (χ2n) is 3.62. The molecule has 78 valence electrons. The molecule has 1 aromatic rings. The summed E-state index contributed by atoms with van der Waals surface area (Å²) in [7, 11) is 0. The van der Waals surface area contributed by atoms with Crippen molar-refractivity contribution >= 4 is 11.5 Å². The molecule has 2 nitrogen and oxygen atoms in total. The lowest BCUT2D eigenvalue weighted by molar-refractivity contribution is -0.132. The van der Waals surface area contributed by atoms with Crippen molar-refractivity contribution in [3.63, 3.8) is 0 Å². The third-order valence-electron chi connectivity index (χ3n) is 2.67. The molecule has 0 bridgehead atoms. The summed E-state index contributed by atoms with van der Waals surface area (Å²) in [4.78, 5) is 10.9. The Morgan fingerprint density at radius 1 is 1.20 bits per heavy atom. The zero-order valence-electron chi connectivity index (χ0n) is 8.16. The summed E-state index contributed by atoms with van der Waals surface area (Å²) in [5.41, 5.74) is 2.15. The van der Waals surface area contributed by atoms with Gasteiger partial charge >= 0.3 is 5.97 Å². The number of carboxylic acids is 1. The molecule has 0 spiro atoms. The molecule has 0 atom stereocenters. The van der Waals surface area contributed by atoms with E-state index in [1.54, 1.807) is 12.1 Å². The lowest BCUT2D eigenvalue weighted by Gasteiger charge is -2.03. The molecule has 3 heteroatoms. The summed E-state index contributed by atoms with van der Waals surface area (Å²) >= 11 is 0. The summed E-state index contributed by atoms with van der Waals surface area (Å²) in [5.74, 6) is -1.15. The first-order chi connectivity index (χ1) is 7.18. The average molecular weight is 206 g/mol. The van der Waals surface area contributed by atoms with Gasteiger partial charge in [-0.2, -0.15) is 0 Å². The number of hydrogen-bond acceptors (Lipinski definition) is 1. The van der Waals surface area contributed by atoms with E-state index >= 15 is 0 Å². The van der Waals surface area contributed by atoms with Crippen molar-refractivity contribution in [2.24, 2.45) is 0 Å². The van der Waals surface area contributed by atoms with Crippen LogP contribution < -0.4 is 0 Å². The van der Waals surface area contributed by atoms with E-state index in [0.717, 1.165) is 24.0 Å². The predicted octanol–water partition coefficient (Wildman–Crippen LogP) is 2.85. The van der Waals surface area contributed by atoms with Crippen molar-refractivity contribution in [2.75, 3.05) is 0 Å². The molecule has 0 fully saturated rings. The first-order valence-electron chi connectivity index (χ1n) is 4.90. The lowest BCUT2D eigenvalue weighted by Crippen LogP contribution is -1.99. The number of carbonyl (C=O) groups is 1. The quantitative estimate of drug-likeness (QED) is 0.807. The van der Waals surface area contributed by atoms with Crippen molar-refractivity contribution in [3.8, 4) is 0 Å². The van der Waals surface area contributed by atoms with Gasteiger partial charge in [0.15, 0.2) is 0 Å². The molecule has 1 aliphatic carbocycles. The van der Waals surface area contributed by atoms with Crippen LogP contribution in [0.15, 0.2) is 29.8 Å². The molecule has 1 aromatic carbocycles. The fourth-order valence-electron chi connectivity index (χ4n) is 1.95. The fraction of sp³-hybridized carbons (Fsp3) is 0.250. The smallest absolute Gasteiger partial charge is 0.331 e. The number of halogens is 1. The number of aliphatic carboxylic acids is 1. The van der Waals surface area contributed by atoms with Crippen LogP contribution in [0.4, 0.5) is 4.39 Å². The van der Waals surface area contributed by atoms with Crippen LogP contribution in [0.1, 0.15) is 24.8 Å². The van der Waals surface area contributed by atoms with Crippen LogP contribution in [-0.4, -0.2) is 11.1 Å². The van der Waals surface area contributed by atoms with Gasteiger partial charge in [-0.15, -0.1) is 0 Å². The Balaban J connectivity index is 2.41. The predicted molar refractivity (Wildman–Crippen MR) is 54.8 cm³/mol. The van der Waals surface area contributed by atoms with E-state index in [0.29, 0.717) is 12.0 Å². The second kappa shape index (κ2) is 3.85. The molecule has 2 rings (SSSR count). The summed E-state index contributed by atoms with van der Waals surface area (Å²) in [5, 5.41) is 8.97. The number of benzene rings is 1. The molecule has 0 aromatic heterocycles. The maximum absolute atomic E-state index is 12.7. The third kappa shape index (κ3) is 1.91. The Hall–Kier alpha value is -1.64. The molecule has 1 N–H and O–H groups in total. The monoisotopic (exact) mass is 206 g/mol. The summed E-state index contributed by atoms with van der Waals surface area (Å²) in [6, 6.07) is 6.00. The van der Waals surface area contributed by atoms with Crippen molar-refractivity contribution in [1.82, 2.24) is 0 Å². The normalized spacial score (nSPS) is 15.8. The molecule has 0 aliphatic heterocycles.